The Labute approximate surface area is 157 Å². The van der Waals surface area contributed by atoms with Crippen molar-refractivity contribution < 1.29 is 0 Å². The smallest absolute Gasteiger partial charge is 0.244 e. The minimum absolute atomic E-state index is 0. The van der Waals surface area contributed by atoms with Gasteiger partial charge in [0.25, 0.3) is 0 Å². The van der Waals surface area contributed by atoms with E-state index < -0.39 is 17.1 Å². The van der Waals surface area contributed by atoms with Crippen molar-refractivity contribution in [2.24, 2.45) is 0 Å². The monoisotopic (exact) mass is 293 g/mol. The van der Waals surface area contributed by atoms with Crippen LogP contribution in [0.5, 0.6) is 0 Å². The predicted octanol–water partition coefficient (Wildman–Crippen LogP) is -1.58. The van der Waals surface area contributed by atoms with E-state index in [1.54, 1.807) is 0 Å². The first-order valence-electron chi connectivity index (χ1n) is 2.46. The molecule has 0 aliphatic rings. The second-order valence-electron chi connectivity index (χ2n) is 1.69. The van der Waals surface area contributed by atoms with E-state index in [4.69, 9.17) is 35.3 Å². The van der Waals surface area contributed by atoms with Crippen molar-refractivity contribution in [1.29, 1.82) is 0 Å². The molecule has 68 valence electrons. The van der Waals surface area contributed by atoms with Gasteiger partial charge in [-0.1, -0.05) is 0 Å². The zero-order valence-corrected chi connectivity index (χ0v) is 14.6. The summed E-state index contributed by atoms with van der Waals surface area (Å²) in [5.41, 5.74) is -3.49. The first-order valence-corrected chi connectivity index (χ1v) is 3.48. The van der Waals surface area contributed by atoms with Crippen LogP contribution in [0.3, 0.4) is 0 Å². The van der Waals surface area contributed by atoms with Gasteiger partial charge in [-0.25, -0.2) is 14.4 Å². The Morgan fingerprint density at radius 3 is 1.00 bits per heavy atom. The number of halogens is 3. The van der Waals surface area contributed by atoms with Gasteiger partial charge in [-0.2, -0.15) is 0 Å². The van der Waals surface area contributed by atoms with E-state index in [0.717, 1.165) is 0 Å². The molecule has 0 spiro atoms. The molecule has 0 amide bonds. The van der Waals surface area contributed by atoms with Gasteiger partial charge in [0, 0.05) is 116 Å². The van der Waals surface area contributed by atoms with Crippen LogP contribution in [0.2, 0.25) is 0 Å². The minimum atomic E-state index is -1.16. The predicted molar refractivity (Wildman–Crippen MR) is 54.5 cm³/mol. The minimum Gasteiger partial charge on any atom is -0.244 e. The van der Waals surface area contributed by atoms with Crippen molar-refractivity contribution in [3.63, 3.8) is 0 Å². The second kappa shape index (κ2) is 7.28. The fourth-order valence-electron chi connectivity index (χ4n) is 0.477. The third kappa shape index (κ3) is 3.46. The summed E-state index contributed by atoms with van der Waals surface area (Å²) in [6, 6.07) is 0. The summed E-state index contributed by atoms with van der Waals surface area (Å²) >= 11 is 15.3. The van der Waals surface area contributed by atoms with Crippen molar-refractivity contribution >= 4 is 116 Å². The van der Waals surface area contributed by atoms with Gasteiger partial charge in [-0.15, -0.1) is 12.3 Å². The molecule has 2 radical (unpaired) electrons. The maximum Gasteiger partial charge on any atom is 0.366 e. The molecular formula is C3Cl3KN3NaO3. The van der Waals surface area contributed by atoms with Gasteiger partial charge in [-0.3, -0.25) is 0 Å². The van der Waals surface area contributed by atoms with Crippen LogP contribution in [0, 0.1) is 0 Å². The summed E-state index contributed by atoms with van der Waals surface area (Å²) in [5, 5.41) is 0. The van der Waals surface area contributed by atoms with Crippen molar-refractivity contribution in [2.75, 3.05) is 0 Å². The fourth-order valence-corrected chi connectivity index (χ4v) is 1.05. The number of hydrogen-bond donors (Lipinski definition) is 0. The van der Waals surface area contributed by atoms with Crippen LogP contribution in [0.4, 0.5) is 0 Å². The summed E-state index contributed by atoms with van der Waals surface area (Å²) < 4.78 is 0.254. The first kappa shape index (κ1) is 18.3. The molecule has 14 heavy (non-hydrogen) atoms. The van der Waals surface area contributed by atoms with Gasteiger partial charge < -0.3 is 0 Å². The summed E-state index contributed by atoms with van der Waals surface area (Å²) in [5.74, 6) is 0. The fraction of sp³-hybridized carbons (Fsp3) is 0. The van der Waals surface area contributed by atoms with Gasteiger partial charge in [-0.05, 0) is 0 Å². The van der Waals surface area contributed by atoms with E-state index in [0.29, 0.717) is 0 Å². The molecular weight excluding hydrogens is 294 g/mol. The molecule has 0 aromatic carbocycles. The van der Waals surface area contributed by atoms with Crippen molar-refractivity contribution in [3.05, 3.63) is 31.5 Å². The van der Waals surface area contributed by atoms with E-state index in [9.17, 15) is 14.4 Å². The SMILES string of the molecule is O=c1n(Cl)c(=O)n(Cl)c(=O)n1Cl.[K].[Na]. The Kier molecular flexibility index (Phi) is 9.51. The number of hydrogen-bond acceptors (Lipinski definition) is 3. The first-order chi connectivity index (χ1) is 5.46. The van der Waals surface area contributed by atoms with Gasteiger partial charge in [0.2, 0.25) is 0 Å². The molecule has 0 fully saturated rings. The molecule has 0 unspecified atom stereocenters. The van der Waals surface area contributed by atoms with Gasteiger partial charge in [0.15, 0.2) is 0 Å². The quantitative estimate of drug-likeness (QED) is 0.542. The van der Waals surface area contributed by atoms with Crippen LogP contribution in [-0.2, 0) is 0 Å². The van der Waals surface area contributed by atoms with Crippen LogP contribution in [0.15, 0.2) is 14.4 Å². The number of nitrogens with zero attached hydrogens (tertiary/aromatic N) is 3. The zero-order chi connectivity index (χ0) is 9.46. The Balaban J connectivity index is 0. The van der Waals surface area contributed by atoms with Crippen LogP contribution >= 0.6 is 35.3 Å². The maximum absolute atomic E-state index is 10.8. The summed E-state index contributed by atoms with van der Waals surface area (Å²) in [4.78, 5) is 32.3. The number of aromatic nitrogens is 3. The standard InChI is InChI=1S/C3Cl3N3O3.K.Na/c4-7-1(10)8(5)3(12)9(6)2(7)11;;. The van der Waals surface area contributed by atoms with E-state index in [1.165, 1.54) is 0 Å². The van der Waals surface area contributed by atoms with E-state index in [1.807, 2.05) is 0 Å². The molecule has 0 aliphatic heterocycles. The Hall–Kier alpha value is 1.92. The third-order valence-corrected chi connectivity index (χ3v) is 1.88. The topological polar surface area (TPSA) is 66.0 Å². The Bertz CT molecular complexity index is 391. The maximum atomic E-state index is 10.8. The van der Waals surface area contributed by atoms with Crippen molar-refractivity contribution in [3.8, 4) is 0 Å². The average molecular weight is 294 g/mol. The van der Waals surface area contributed by atoms with Crippen LogP contribution in [-0.4, -0.2) is 93.2 Å². The van der Waals surface area contributed by atoms with Crippen molar-refractivity contribution in [2.45, 2.75) is 0 Å². The molecule has 0 saturated heterocycles. The number of rotatable bonds is 0. The van der Waals surface area contributed by atoms with Crippen LogP contribution in [0.25, 0.3) is 0 Å². The molecule has 0 saturated carbocycles. The van der Waals surface area contributed by atoms with E-state index in [2.05, 4.69) is 0 Å². The molecule has 0 aliphatic carbocycles. The molecule has 1 heterocycles. The van der Waals surface area contributed by atoms with Gasteiger partial charge in [0.05, 0.1) is 0 Å². The van der Waals surface area contributed by atoms with Crippen LogP contribution in [0.1, 0.15) is 0 Å². The zero-order valence-electron chi connectivity index (χ0n) is 7.20. The summed E-state index contributed by atoms with van der Waals surface area (Å²) in [7, 11) is 0. The molecule has 6 nitrogen and oxygen atoms in total. The molecule has 0 bridgehead atoms. The Morgan fingerprint density at radius 1 is 0.714 bits per heavy atom. The average Bonchev–Trinajstić information content (AvgIpc) is 2.08. The van der Waals surface area contributed by atoms with Crippen LogP contribution < -0.4 is 17.1 Å². The normalized spacial score (nSPS) is 8.79. The molecule has 0 atom stereocenters. The second-order valence-corrected chi connectivity index (χ2v) is 2.70. The van der Waals surface area contributed by atoms with E-state index in [-0.39, 0.29) is 93.2 Å². The van der Waals surface area contributed by atoms with E-state index >= 15 is 0 Å². The molecule has 11 heteroatoms. The van der Waals surface area contributed by atoms with Gasteiger partial charge >= 0.3 is 17.1 Å². The van der Waals surface area contributed by atoms with Crippen molar-refractivity contribution in [1.82, 2.24) is 12.3 Å². The third-order valence-electron chi connectivity index (χ3n) is 1.01. The molecule has 1 rings (SSSR count). The molecule has 1 aromatic rings. The molecule has 1 aromatic heterocycles. The largest absolute Gasteiger partial charge is 0.366 e. The Morgan fingerprint density at radius 2 is 0.857 bits per heavy atom. The molecule has 0 N–H and O–H groups in total. The summed E-state index contributed by atoms with van der Waals surface area (Å²) in [6.07, 6.45) is 0. The summed E-state index contributed by atoms with van der Waals surface area (Å²) in [6.45, 7) is 0. The van der Waals surface area contributed by atoms with Gasteiger partial charge in [0.1, 0.15) is 0 Å².